The van der Waals surface area contributed by atoms with Gasteiger partial charge in [0.1, 0.15) is 0 Å². The third kappa shape index (κ3) is 5.81. The fraction of sp³-hybridized carbons (Fsp3) is 0. The predicted molar refractivity (Wildman–Crippen MR) is 200 cm³/mol. The van der Waals surface area contributed by atoms with Crippen LogP contribution < -0.4 is 36.7 Å². The summed E-state index contributed by atoms with van der Waals surface area (Å²) in [5, 5.41) is 4.60. The van der Waals surface area contributed by atoms with E-state index in [2.05, 4.69) is 17.0 Å². The molecule has 0 unspecified atom stereocenters. The van der Waals surface area contributed by atoms with Crippen LogP contribution in [0, 0.1) is 0 Å². The Kier molecular flexibility index (Phi) is 8.60. The summed E-state index contributed by atoms with van der Waals surface area (Å²) in [6.07, 6.45) is 0. The lowest BCUT2D eigenvalue weighted by molar-refractivity contribution is 0.591. The average molecular weight is 646 g/mol. The summed E-state index contributed by atoms with van der Waals surface area (Å²) >= 11 is 0. The SMILES string of the molecule is O=P(c1ccccc1)(c1ccccc1)c1cccc(N(c2ccccc2)c2cccc(P(=O)(c3ccccc3)c3ccccc3)c2)c1. The Hall–Kier alpha value is -5.20. The third-order valence-electron chi connectivity index (χ3n) is 8.40. The average Bonchev–Trinajstić information content (AvgIpc) is 3.16. The fourth-order valence-corrected chi connectivity index (χ4v) is 11.5. The molecule has 0 amide bonds. The lowest BCUT2D eigenvalue weighted by Crippen LogP contribution is -2.26. The van der Waals surface area contributed by atoms with Crippen LogP contribution >= 0.6 is 14.3 Å². The zero-order valence-corrected chi connectivity index (χ0v) is 27.5. The van der Waals surface area contributed by atoms with Gasteiger partial charge in [-0.2, -0.15) is 0 Å². The lowest BCUT2D eigenvalue weighted by Gasteiger charge is -2.28. The minimum Gasteiger partial charge on any atom is -0.310 e. The maximum Gasteiger partial charge on any atom is 0.171 e. The second-order valence-corrected chi connectivity index (χ2v) is 16.8. The zero-order chi connectivity index (χ0) is 32.1. The van der Waals surface area contributed by atoms with Crippen LogP contribution in [0.3, 0.4) is 0 Å². The van der Waals surface area contributed by atoms with Crippen molar-refractivity contribution in [3.05, 3.63) is 200 Å². The highest BCUT2D eigenvalue weighted by molar-refractivity contribution is 7.85. The smallest absolute Gasteiger partial charge is 0.171 e. The van der Waals surface area contributed by atoms with Gasteiger partial charge in [-0.3, -0.25) is 0 Å². The van der Waals surface area contributed by atoms with Crippen molar-refractivity contribution in [2.75, 3.05) is 4.90 Å². The van der Waals surface area contributed by atoms with Crippen molar-refractivity contribution < 1.29 is 9.13 Å². The van der Waals surface area contributed by atoms with Gasteiger partial charge in [0.05, 0.1) is 0 Å². The first-order valence-corrected chi connectivity index (χ1v) is 19.0. The van der Waals surface area contributed by atoms with E-state index in [0.717, 1.165) is 48.9 Å². The molecule has 0 aliphatic heterocycles. The van der Waals surface area contributed by atoms with E-state index < -0.39 is 14.3 Å². The predicted octanol–water partition coefficient (Wildman–Crippen LogP) is 8.44. The highest BCUT2D eigenvalue weighted by Crippen LogP contribution is 2.46. The molecule has 0 spiro atoms. The maximum atomic E-state index is 15.3. The first kappa shape index (κ1) is 30.5. The molecule has 0 N–H and O–H groups in total. The molecule has 0 saturated heterocycles. The number of rotatable bonds is 9. The van der Waals surface area contributed by atoms with Crippen molar-refractivity contribution in [3.8, 4) is 0 Å². The molecule has 0 aliphatic rings. The maximum absolute atomic E-state index is 15.3. The molecule has 7 aromatic carbocycles. The van der Waals surface area contributed by atoms with Gasteiger partial charge in [-0.15, -0.1) is 0 Å². The molecule has 228 valence electrons. The van der Waals surface area contributed by atoms with E-state index in [4.69, 9.17) is 0 Å². The Morgan fingerprint density at radius 3 is 0.851 bits per heavy atom. The van der Waals surface area contributed by atoms with Gasteiger partial charge in [-0.05, 0) is 36.4 Å². The summed E-state index contributed by atoms with van der Waals surface area (Å²) in [4.78, 5) is 2.15. The Morgan fingerprint density at radius 2 is 0.532 bits per heavy atom. The molecular formula is C42H33NO2P2. The van der Waals surface area contributed by atoms with Crippen LogP contribution in [0.25, 0.3) is 0 Å². The molecule has 7 rings (SSSR count). The minimum absolute atomic E-state index is 0.740. The normalized spacial score (nSPS) is 11.6. The minimum atomic E-state index is -3.21. The van der Waals surface area contributed by atoms with Gasteiger partial charge < -0.3 is 14.0 Å². The van der Waals surface area contributed by atoms with E-state index in [0.29, 0.717) is 0 Å². The van der Waals surface area contributed by atoms with Crippen molar-refractivity contribution in [2.24, 2.45) is 0 Å². The lowest BCUT2D eigenvalue weighted by atomic mass is 10.2. The van der Waals surface area contributed by atoms with Crippen molar-refractivity contribution >= 4 is 63.2 Å². The molecule has 0 fully saturated rings. The quantitative estimate of drug-likeness (QED) is 0.148. The van der Waals surface area contributed by atoms with Gasteiger partial charge in [0, 0.05) is 48.9 Å². The molecule has 7 aromatic rings. The van der Waals surface area contributed by atoms with E-state index in [1.54, 1.807) is 0 Å². The summed E-state index contributed by atoms with van der Waals surface area (Å²) < 4.78 is 30.6. The molecule has 47 heavy (non-hydrogen) atoms. The van der Waals surface area contributed by atoms with Crippen molar-refractivity contribution in [3.63, 3.8) is 0 Å². The molecule has 0 bridgehead atoms. The van der Waals surface area contributed by atoms with Gasteiger partial charge in [0.15, 0.2) is 14.3 Å². The number of para-hydroxylation sites is 1. The summed E-state index contributed by atoms with van der Waals surface area (Å²) in [6, 6.07) is 65.0. The highest BCUT2D eigenvalue weighted by atomic mass is 31.2. The Balaban J connectivity index is 1.42. The third-order valence-corrected chi connectivity index (χ3v) is 14.5. The first-order valence-electron chi connectivity index (χ1n) is 15.6. The first-order chi connectivity index (χ1) is 23.1. The Labute approximate surface area is 276 Å². The largest absolute Gasteiger partial charge is 0.310 e. The van der Waals surface area contributed by atoms with Crippen LogP contribution in [-0.2, 0) is 9.13 Å². The van der Waals surface area contributed by atoms with Crippen LogP contribution in [0.4, 0.5) is 17.1 Å². The van der Waals surface area contributed by atoms with Crippen molar-refractivity contribution in [1.29, 1.82) is 0 Å². The Morgan fingerprint density at radius 1 is 0.277 bits per heavy atom. The second-order valence-electron chi connectivity index (χ2n) is 11.3. The van der Waals surface area contributed by atoms with E-state index >= 15 is 9.13 Å². The van der Waals surface area contributed by atoms with E-state index in [1.165, 1.54) is 0 Å². The number of hydrogen-bond acceptors (Lipinski definition) is 3. The zero-order valence-electron chi connectivity index (χ0n) is 25.7. The molecule has 5 heteroatoms. The van der Waals surface area contributed by atoms with Crippen molar-refractivity contribution in [2.45, 2.75) is 0 Å². The van der Waals surface area contributed by atoms with Crippen LogP contribution in [-0.4, -0.2) is 0 Å². The van der Waals surface area contributed by atoms with Gasteiger partial charge >= 0.3 is 0 Å². The van der Waals surface area contributed by atoms with Crippen LogP contribution in [0.15, 0.2) is 200 Å². The number of nitrogens with zero attached hydrogens (tertiary/aromatic N) is 1. The molecule has 0 radical (unpaired) electrons. The van der Waals surface area contributed by atoms with Crippen LogP contribution in [0.2, 0.25) is 0 Å². The number of benzene rings is 7. The summed E-state index contributed by atoms with van der Waals surface area (Å²) in [5.41, 5.74) is 2.64. The highest BCUT2D eigenvalue weighted by Gasteiger charge is 2.32. The fourth-order valence-electron chi connectivity index (χ4n) is 6.13. The Bertz CT molecular complexity index is 1960. The monoisotopic (exact) mass is 645 g/mol. The summed E-state index contributed by atoms with van der Waals surface area (Å²) in [5.74, 6) is 0. The molecule has 0 aliphatic carbocycles. The molecule has 3 nitrogen and oxygen atoms in total. The van der Waals surface area contributed by atoms with E-state index in [9.17, 15) is 0 Å². The van der Waals surface area contributed by atoms with Gasteiger partial charge in [-0.1, -0.05) is 164 Å². The van der Waals surface area contributed by atoms with Crippen molar-refractivity contribution in [1.82, 2.24) is 0 Å². The van der Waals surface area contributed by atoms with Crippen LogP contribution in [0.1, 0.15) is 0 Å². The number of hydrogen-bond donors (Lipinski definition) is 0. The molecule has 0 heterocycles. The summed E-state index contributed by atoms with van der Waals surface area (Å²) in [6.45, 7) is 0. The molecule has 0 saturated carbocycles. The summed E-state index contributed by atoms with van der Waals surface area (Å²) in [7, 11) is -6.43. The van der Waals surface area contributed by atoms with E-state index in [-0.39, 0.29) is 0 Å². The number of anilines is 3. The topological polar surface area (TPSA) is 37.4 Å². The van der Waals surface area contributed by atoms with Gasteiger partial charge in [-0.25, -0.2) is 0 Å². The molecular weight excluding hydrogens is 612 g/mol. The van der Waals surface area contributed by atoms with E-state index in [1.807, 2.05) is 188 Å². The second kappa shape index (κ2) is 13.3. The van der Waals surface area contributed by atoms with Gasteiger partial charge in [0.25, 0.3) is 0 Å². The standard InChI is InChI=1S/C42H33NO2P2/c44-46(37-22-8-2-9-23-37,38-24-10-3-11-25-38)41-30-16-20-35(32-41)43(34-18-6-1-7-19-34)36-21-17-31-42(33-36)47(45,39-26-12-4-13-27-39)40-28-14-5-15-29-40/h1-33H. The molecule has 0 aromatic heterocycles. The van der Waals surface area contributed by atoms with Gasteiger partial charge in [0.2, 0.25) is 0 Å². The van der Waals surface area contributed by atoms with Crippen LogP contribution in [0.5, 0.6) is 0 Å². The molecule has 0 atom stereocenters.